The Morgan fingerprint density at radius 2 is 2.23 bits per heavy atom. The number of carbonyl (C=O) groups excluding carboxylic acids is 1. The molecule has 1 aromatic heterocycles. The third-order valence-electron chi connectivity index (χ3n) is 3.27. The van der Waals surface area contributed by atoms with Crippen molar-refractivity contribution in [3.63, 3.8) is 0 Å². The van der Waals surface area contributed by atoms with Gasteiger partial charge in [0.05, 0.1) is 7.11 Å². The molecule has 2 heterocycles. The Balaban J connectivity index is 1.77. The molecule has 1 aliphatic heterocycles. The van der Waals surface area contributed by atoms with Gasteiger partial charge in [-0.15, -0.1) is 0 Å². The van der Waals surface area contributed by atoms with Gasteiger partial charge in [0.2, 0.25) is 5.75 Å². The van der Waals surface area contributed by atoms with Crippen LogP contribution in [-0.2, 0) is 6.54 Å². The second kappa shape index (κ2) is 6.34. The van der Waals surface area contributed by atoms with Crippen molar-refractivity contribution < 1.29 is 19.0 Å². The number of fused-ring (bicyclic) bond motifs is 1. The fraction of sp³-hybridized carbons (Fsp3) is 0.250. The smallest absolute Gasteiger partial charge is 0.251 e. The van der Waals surface area contributed by atoms with E-state index in [4.69, 9.17) is 14.2 Å². The normalized spacial score (nSPS) is 12.6. The van der Waals surface area contributed by atoms with Crippen molar-refractivity contribution in [2.75, 3.05) is 20.3 Å². The number of rotatable bonds is 4. The van der Waals surface area contributed by atoms with Crippen LogP contribution in [0.4, 0.5) is 0 Å². The van der Waals surface area contributed by atoms with Crippen LogP contribution in [-0.4, -0.2) is 31.2 Å². The minimum atomic E-state index is -0.209. The Kier molecular flexibility index (Phi) is 4.09. The minimum absolute atomic E-state index is 0.209. The largest absolute Gasteiger partial charge is 0.493 e. The number of nitrogens with zero attached hydrogens (tertiary/aromatic N) is 1. The summed E-state index contributed by atoms with van der Waals surface area (Å²) in [6.45, 7) is 1.33. The summed E-state index contributed by atoms with van der Waals surface area (Å²) in [5.74, 6) is 1.34. The van der Waals surface area contributed by atoms with E-state index in [1.165, 1.54) is 7.11 Å². The Morgan fingerprint density at radius 1 is 1.36 bits per heavy atom. The molecule has 2 aromatic rings. The lowest BCUT2D eigenvalue weighted by molar-refractivity contribution is 0.0949. The van der Waals surface area contributed by atoms with Crippen molar-refractivity contribution in [1.29, 1.82) is 0 Å². The van der Waals surface area contributed by atoms with E-state index in [0.29, 0.717) is 42.6 Å². The number of nitrogens with one attached hydrogen (secondary N) is 1. The first-order chi connectivity index (χ1) is 10.8. The third kappa shape index (κ3) is 2.95. The molecule has 1 aromatic carbocycles. The SMILES string of the molecule is COc1cc(C(=O)NCc2cccnc2)cc2c1OCCO2. The lowest BCUT2D eigenvalue weighted by atomic mass is 10.1. The van der Waals surface area contributed by atoms with Crippen molar-refractivity contribution >= 4 is 5.91 Å². The first kappa shape index (κ1) is 14.2. The summed E-state index contributed by atoms with van der Waals surface area (Å²) in [5.41, 5.74) is 1.39. The van der Waals surface area contributed by atoms with E-state index in [0.717, 1.165) is 5.56 Å². The van der Waals surface area contributed by atoms with Gasteiger partial charge in [-0.3, -0.25) is 9.78 Å². The second-order valence-electron chi connectivity index (χ2n) is 4.75. The van der Waals surface area contributed by atoms with Crippen LogP contribution in [0, 0.1) is 0 Å². The zero-order chi connectivity index (χ0) is 15.4. The maximum Gasteiger partial charge on any atom is 0.251 e. The van der Waals surface area contributed by atoms with Gasteiger partial charge in [0.1, 0.15) is 13.2 Å². The highest BCUT2D eigenvalue weighted by atomic mass is 16.6. The summed E-state index contributed by atoms with van der Waals surface area (Å²) in [6, 6.07) is 7.04. The van der Waals surface area contributed by atoms with Gasteiger partial charge in [0.25, 0.3) is 5.91 Å². The number of aromatic nitrogens is 1. The summed E-state index contributed by atoms with van der Waals surface area (Å²) < 4.78 is 16.3. The molecule has 22 heavy (non-hydrogen) atoms. The topological polar surface area (TPSA) is 69.7 Å². The second-order valence-corrected chi connectivity index (χ2v) is 4.75. The first-order valence-corrected chi connectivity index (χ1v) is 6.92. The number of amides is 1. The summed E-state index contributed by atoms with van der Waals surface area (Å²) in [4.78, 5) is 16.3. The third-order valence-corrected chi connectivity index (χ3v) is 3.27. The van der Waals surface area contributed by atoms with Gasteiger partial charge in [-0.25, -0.2) is 0 Å². The minimum Gasteiger partial charge on any atom is -0.493 e. The van der Waals surface area contributed by atoms with Gasteiger partial charge >= 0.3 is 0 Å². The highest BCUT2D eigenvalue weighted by Gasteiger charge is 2.20. The van der Waals surface area contributed by atoms with Gasteiger partial charge in [0, 0.05) is 24.5 Å². The van der Waals surface area contributed by atoms with Crippen LogP contribution in [0.1, 0.15) is 15.9 Å². The van der Waals surface area contributed by atoms with Crippen molar-refractivity contribution in [1.82, 2.24) is 10.3 Å². The van der Waals surface area contributed by atoms with Crippen molar-refractivity contribution in [3.05, 3.63) is 47.8 Å². The van der Waals surface area contributed by atoms with Crippen molar-refractivity contribution in [2.45, 2.75) is 6.54 Å². The van der Waals surface area contributed by atoms with E-state index in [2.05, 4.69) is 10.3 Å². The number of pyridine rings is 1. The van der Waals surface area contributed by atoms with Crippen LogP contribution in [0.3, 0.4) is 0 Å². The number of carbonyl (C=O) groups is 1. The van der Waals surface area contributed by atoms with E-state index in [1.807, 2.05) is 12.1 Å². The lowest BCUT2D eigenvalue weighted by Crippen LogP contribution is -2.23. The molecular formula is C16H16N2O4. The Labute approximate surface area is 128 Å². The van der Waals surface area contributed by atoms with Gasteiger partial charge < -0.3 is 19.5 Å². The molecule has 0 atom stereocenters. The zero-order valence-corrected chi connectivity index (χ0v) is 12.2. The van der Waals surface area contributed by atoms with E-state index in [1.54, 1.807) is 24.5 Å². The van der Waals surface area contributed by atoms with Gasteiger partial charge in [0.15, 0.2) is 11.5 Å². The van der Waals surface area contributed by atoms with Crippen LogP contribution >= 0.6 is 0 Å². The average Bonchev–Trinajstić information content (AvgIpc) is 2.59. The number of hydrogen-bond acceptors (Lipinski definition) is 5. The van der Waals surface area contributed by atoms with Crippen molar-refractivity contribution in [3.8, 4) is 17.2 Å². The Hall–Kier alpha value is -2.76. The van der Waals surface area contributed by atoms with Crippen LogP contribution in [0.25, 0.3) is 0 Å². The van der Waals surface area contributed by atoms with E-state index in [9.17, 15) is 4.79 Å². The molecule has 1 aliphatic rings. The maximum absolute atomic E-state index is 12.3. The fourth-order valence-corrected chi connectivity index (χ4v) is 2.19. The molecule has 0 bridgehead atoms. The molecule has 1 N–H and O–H groups in total. The molecule has 3 rings (SSSR count). The Bertz CT molecular complexity index is 656. The number of ether oxygens (including phenoxy) is 3. The van der Waals surface area contributed by atoms with Crippen LogP contribution in [0.2, 0.25) is 0 Å². The maximum atomic E-state index is 12.3. The van der Waals surface area contributed by atoms with Gasteiger partial charge in [-0.1, -0.05) is 6.07 Å². The fourth-order valence-electron chi connectivity index (χ4n) is 2.19. The predicted molar refractivity (Wildman–Crippen MR) is 79.4 cm³/mol. The molecule has 1 amide bonds. The number of hydrogen-bond donors (Lipinski definition) is 1. The standard InChI is InChI=1S/C16H16N2O4/c1-20-13-7-12(8-14-15(13)22-6-5-21-14)16(19)18-10-11-3-2-4-17-9-11/h2-4,7-9H,5-6,10H2,1H3,(H,18,19). The highest BCUT2D eigenvalue weighted by Crippen LogP contribution is 2.40. The van der Waals surface area contributed by atoms with Gasteiger partial charge in [-0.05, 0) is 23.8 Å². The molecule has 0 radical (unpaired) electrons. The molecule has 6 nitrogen and oxygen atoms in total. The number of methoxy groups -OCH3 is 1. The summed E-state index contributed by atoms with van der Waals surface area (Å²) >= 11 is 0. The average molecular weight is 300 g/mol. The molecule has 0 aliphatic carbocycles. The van der Waals surface area contributed by atoms with E-state index in [-0.39, 0.29) is 5.91 Å². The summed E-state index contributed by atoms with van der Waals surface area (Å²) in [5, 5.41) is 2.84. The lowest BCUT2D eigenvalue weighted by Gasteiger charge is -2.21. The van der Waals surface area contributed by atoms with Crippen LogP contribution in [0.15, 0.2) is 36.7 Å². The zero-order valence-electron chi connectivity index (χ0n) is 12.2. The number of benzene rings is 1. The first-order valence-electron chi connectivity index (χ1n) is 6.92. The van der Waals surface area contributed by atoms with Crippen LogP contribution < -0.4 is 19.5 Å². The predicted octanol–water partition coefficient (Wildman–Crippen LogP) is 1.79. The molecule has 0 saturated carbocycles. The van der Waals surface area contributed by atoms with E-state index < -0.39 is 0 Å². The van der Waals surface area contributed by atoms with E-state index >= 15 is 0 Å². The molecular weight excluding hydrogens is 284 g/mol. The monoisotopic (exact) mass is 300 g/mol. The molecule has 0 saturated heterocycles. The summed E-state index contributed by atoms with van der Waals surface area (Å²) in [6.07, 6.45) is 3.40. The Morgan fingerprint density at radius 3 is 3.00 bits per heavy atom. The van der Waals surface area contributed by atoms with Crippen LogP contribution in [0.5, 0.6) is 17.2 Å². The summed E-state index contributed by atoms with van der Waals surface area (Å²) in [7, 11) is 1.53. The van der Waals surface area contributed by atoms with Gasteiger partial charge in [-0.2, -0.15) is 0 Å². The highest BCUT2D eigenvalue weighted by molar-refractivity contribution is 5.95. The molecule has 0 spiro atoms. The molecule has 0 fully saturated rings. The molecule has 0 unspecified atom stereocenters. The quantitative estimate of drug-likeness (QED) is 0.932. The molecule has 114 valence electrons. The molecule has 6 heteroatoms. The van der Waals surface area contributed by atoms with Crippen molar-refractivity contribution in [2.24, 2.45) is 0 Å².